The van der Waals surface area contributed by atoms with Crippen LogP contribution in [-0.2, 0) is 25.7 Å². The zero-order valence-electron chi connectivity index (χ0n) is 23.8. The minimum Gasteiger partial charge on any atom is -0.481 e. The van der Waals surface area contributed by atoms with E-state index in [9.17, 15) is 34.2 Å². The summed E-state index contributed by atoms with van der Waals surface area (Å²) in [6.45, 7) is 1.09. The van der Waals surface area contributed by atoms with E-state index in [0.717, 1.165) is 16.3 Å². The van der Waals surface area contributed by atoms with Gasteiger partial charge in [-0.25, -0.2) is 19.6 Å². The minimum atomic E-state index is -1.38. The highest BCUT2D eigenvalue weighted by atomic mass is 32.2. The molecule has 0 saturated heterocycles. The van der Waals surface area contributed by atoms with Gasteiger partial charge in [0, 0.05) is 35.6 Å². The lowest BCUT2D eigenvalue weighted by Crippen LogP contribution is -2.42. The lowest BCUT2D eigenvalue weighted by atomic mass is 10.1. The van der Waals surface area contributed by atoms with E-state index in [1.54, 1.807) is 36.2 Å². The number of fused-ring (bicyclic) bond motifs is 2. The molecule has 17 nitrogen and oxygen atoms in total. The van der Waals surface area contributed by atoms with Crippen molar-refractivity contribution in [3.8, 4) is 0 Å². The number of anilines is 3. The number of aliphatic carboxylic acids is 3. The molecule has 0 bridgehead atoms. The summed E-state index contributed by atoms with van der Waals surface area (Å²) < 4.78 is 0. The van der Waals surface area contributed by atoms with Crippen molar-refractivity contribution in [3.05, 3.63) is 35.7 Å². The molecule has 18 heteroatoms. The predicted octanol–water partition coefficient (Wildman–Crippen LogP) is 0.484. The second kappa shape index (κ2) is 14.5. The summed E-state index contributed by atoms with van der Waals surface area (Å²) in [4.78, 5) is 78.7. The Kier molecular flexibility index (Phi) is 10.5. The van der Waals surface area contributed by atoms with Crippen LogP contribution in [0.15, 0.2) is 29.3 Å². The number of carboxylic acid groups (broad SMARTS) is 3. The molecule has 2 amide bonds. The number of thioether (sulfide) groups is 1. The molecule has 0 aliphatic carbocycles. The molecule has 1 aliphatic heterocycles. The number of nitrogen functional groups attached to an aromatic ring is 2. The Morgan fingerprint density at radius 2 is 1.69 bits per heavy atom. The zero-order valence-corrected chi connectivity index (χ0v) is 24.6. The summed E-state index contributed by atoms with van der Waals surface area (Å²) in [6, 6.07) is 2.36. The van der Waals surface area contributed by atoms with E-state index in [2.05, 4.69) is 35.5 Å². The van der Waals surface area contributed by atoms with Crippen molar-refractivity contribution in [2.45, 2.75) is 55.6 Å². The highest BCUT2D eigenvalue weighted by molar-refractivity contribution is 7.99. The van der Waals surface area contributed by atoms with Gasteiger partial charge in [-0.05, 0) is 37.5 Å². The molecular formula is C27H31N9O8S. The first-order valence-electron chi connectivity index (χ1n) is 13.7. The van der Waals surface area contributed by atoms with Gasteiger partial charge >= 0.3 is 17.9 Å². The van der Waals surface area contributed by atoms with Crippen molar-refractivity contribution in [2.75, 3.05) is 28.7 Å². The lowest BCUT2D eigenvalue weighted by Gasteiger charge is -2.31. The zero-order chi connectivity index (χ0) is 32.7. The Morgan fingerprint density at radius 1 is 0.956 bits per heavy atom. The van der Waals surface area contributed by atoms with Crippen molar-refractivity contribution in [3.63, 3.8) is 0 Å². The maximum atomic E-state index is 13.0. The van der Waals surface area contributed by atoms with Crippen molar-refractivity contribution < 1.29 is 39.3 Å². The molecule has 2 atom stereocenters. The molecule has 0 spiro atoms. The number of hydrogen-bond acceptors (Lipinski definition) is 13. The maximum absolute atomic E-state index is 13.0. The first-order chi connectivity index (χ1) is 21.4. The molecule has 238 valence electrons. The van der Waals surface area contributed by atoms with Gasteiger partial charge in [0.1, 0.15) is 12.1 Å². The van der Waals surface area contributed by atoms with Crippen LogP contribution < -0.4 is 27.0 Å². The smallest absolute Gasteiger partial charge is 0.326 e. The van der Waals surface area contributed by atoms with Crippen LogP contribution >= 0.6 is 11.8 Å². The highest BCUT2D eigenvalue weighted by Gasteiger charge is 2.25. The summed E-state index contributed by atoms with van der Waals surface area (Å²) in [7, 11) is 0. The number of carbonyl (C=O) groups is 5. The van der Waals surface area contributed by atoms with Crippen molar-refractivity contribution in [1.29, 1.82) is 0 Å². The Bertz CT molecular complexity index is 1640. The second-order valence-electron chi connectivity index (χ2n) is 10.1. The number of carboxylic acids is 3. The first kappa shape index (κ1) is 32.6. The normalized spacial score (nSPS) is 13.8. The third kappa shape index (κ3) is 8.65. The number of amides is 2. The fourth-order valence-corrected chi connectivity index (χ4v) is 5.68. The maximum Gasteiger partial charge on any atom is 0.326 e. The van der Waals surface area contributed by atoms with Gasteiger partial charge in [0.15, 0.2) is 17.0 Å². The van der Waals surface area contributed by atoms with Gasteiger partial charge in [0.25, 0.3) is 5.91 Å². The lowest BCUT2D eigenvalue weighted by molar-refractivity contribution is -0.143. The summed E-state index contributed by atoms with van der Waals surface area (Å²) in [5.74, 6) is -4.30. The van der Waals surface area contributed by atoms with Crippen molar-refractivity contribution in [1.82, 2.24) is 30.6 Å². The standard InChI is InChI=1S/C27H31N9O8S/c28-22-21-23(35-27(29)34-22)30-11-14(31-21)12-36-8-9-45-18-10-13(4-6-17(18)36)24(40)33-15(25(41)42)2-1-3-19(37)32-16(26(43)44)5-7-20(38)39/h4,6,10-11,15-16H,1-3,5,7-9,12H2,(H,32,37)(H,33,40)(H,38,39)(H,41,42)(H,43,44)(H4,28,29,30,34,35)/t15-,16-/m0/s1. The van der Waals surface area contributed by atoms with E-state index in [1.165, 1.54) is 0 Å². The summed E-state index contributed by atoms with van der Waals surface area (Å²) in [5, 5.41) is 32.3. The number of nitrogens with two attached hydrogens (primary N) is 2. The summed E-state index contributed by atoms with van der Waals surface area (Å²) in [5.41, 5.74) is 13.9. The second-order valence-corrected chi connectivity index (χ2v) is 11.2. The van der Waals surface area contributed by atoms with Crippen LogP contribution in [0.3, 0.4) is 0 Å². The number of benzene rings is 1. The fraction of sp³-hybridized carbons (Fsp3) is 0.370. The van der Waals surface area contributed by atoms with Gasteiger partial charge in [-0.2, -0.15) is 9.97 Å². The van der Waals surface area contributed by atoms with Crippen LogP contribution in [0.4, 0.5) is 17.5 Å². The average Bonchev–Trinajstić information content (AvgIpc) is 2.98. The molecule has 9 N–H and O–H groups in total. The number of rotatable bonds is 14. The molecule has 0 unspecified atom stereocenters. The third-order valence-corrected chi connectivity index (χ3v) is 7.84. The molecular weight excluding hydrogens is 610 g/mol. The van der Waals surface area contributed by atoms with Gasteiger partial charge in [-0.3, -0.25) is 14.4 Å². The molecule has 3 heterocycles. The van der Waals surface area contributed by atoms with Crippen LogP contribution in [0.1, 0.15) is 48.2 Å². The topological polar surface area (TPSA) is 277 Å². The molecule has 2 aromatic heterocycles. The van der Waals surface area contributed by atoms with Gasteiger partial charge in [0.2, 0.25) is 11.9 Å². The predicted molar refractivity (Wildman–Crippen MR) is 161 cm³/mol. The minimum absolute atomic E-state index is 0.00310. The van der Waals surface area contributed by atoms with Crippen LogP contribution in [0.5, 0.6) is 0 Å². The number of nitrogens with one attached hydrogen (secondary N) is 2. The molecule has 0 saturated carbocycles. The van der Waals surface area contributed by atoms with Crippen LogP contribution in [0.2, 0.25) is 0 Å². The monoisotopic (exact) mass is 641 g/mol. The van der Waals surface area contributed by atoms with E-state index < -0.39 is 48.2 Å². The van der Waals surface area contributed by atoms with E-state index in [0.29, 0.717) is 24.3 Å². The first-order valence-corrected chi connectivity index (χ1v) is 14.7. The average molecular weight is 642 g/mol. The molecule has 0 radical (unpaired) electrons. The molecule has 0 fully saturated rings. The van der Waals surface area contributed by atoms with Crippen molar-refractivity contribution in [2.24, 2.45) is 0 Å². The molecule has 1 aromatic carbocycles. The van der Waals surface area contributed by atoms with E-state index in [-0.39, 0.29) is 48.7 Å². The number of nitrogens with zero attached hydrogens (tertiary/aromatic N) is 5. The number of hydrogen-bond donors (Lipinski definition) is 7. The number of carbonyl (C=O) groups excluding carboxylic acids is 2. The third-order valence-electron chi connectivity index (χ3n) is 6.82. The Morgan fingerprint density at radius 3 is 2.40 bits per heavy atom. The van der Waals surface area contributed by atoms with Crippen LogP contribution in [0, 0.1) is 0 Å². The van der Waals surface area contributed by atoms with E-state index in [1.807, 2.05) is 0 Å². The number of aromatic nitrogens is 4. The summed E-state index contributed by atoms with van der Waals surface area (Å²) in [6.07, 6.45) is 0.577. The Balaban J connectivity index is 1.36. The van der Waals surface area contributed by atoms with E-state index >= 15 is 0 Å². The fourth-order valence-electron chi connectivity index (χ4n) is 4.59. The molecule has 3 aromatic rings. The van der Waals surface area contributed by atoms with Crippen LogP contribution in [0.25, 0.3) is 11.2 Å². The largest absolute Gasteiger partial charge is 0.481 e. The quantitative estimate of drug-likeness (QED) is 0.126. The van der Waals surface area contributed by atoms with E-state index in [4.69, 9.17) is 16.6 Å². The van der Waals surface area contributed by atoms with Gasteiger partial charge < -0.3 is 42.3 Å². The summed E-state index contributed by atoms with van der Waals surface area (Å²) >= 11 is 1.55. The van der Waals surface area contributed by atoms with Crippen LogP contribution in [-0.4, -0.2) is 89.4 Å². The SMILES string of the molecule is Nc1nc(N)c2nc(CN3CCSc4cc(C(=O)N[C@@H](CCCC(=O)N[C@@H](CCC(=O)O)C(=O)O)C(=O)O)ccc43)cnc2n1. The van der Waals surface area contributed by atoms with Gasteiger partial charge in [-0.15, -0.1) is 11.8 Å². The van der Waals surface area contributed by atoms with Gasteiger partial charge in [-0.1, -0.05) is 0 Å². The highest BCUT2D eigenvalue weighted by Crippen LogP contribution is 2.36. The molecule has 45 heavy (non-hydrogen) atoms. The molecule has 4 rings (SSSR count). The Labute approximate surface area is 259 Å². The van der Waals surface area contributed by atoms with Gasteiger partial charge in [0.05, 0.1) is 24.1 Å². The molecule has 1 aliphatic rings. The van der Waals surface area contributed by atoms with Crippen molar-refractivity contribution >= 4 is 70.1 Å². The Hall–Kier alpha value is -5.26.